The molecule has 0 radical (unpaired) electrons. The summed E-state index contributed by atoms with van der Waals surface area (Å²) in [7, 11) is 0. The monoisotopic (exact) mass is 435 g/mol. The molecule has 0 saturated carbocycles. The van der Waals surface area contributed by atoms with Crippen molar-refractivity contribution in [2.75, 3.05) is 13.1 Å². The second-order valence-corrected chi connectivity index (χ2v) is 9.05. The van der Waals surface area contributed by atoms with Gasteiger partial charge in [0.15, 0.2) is 5.41 Å². The largest absolute Gasteiger partial charge is 0.444 e. The first-order chi connectivity index (χ1) is 14.6. The lowest BCUT2D eigenvalue weighted by atomic mass is 9.58. The normalized spacial score (nSPS) is 22.4. The number of amides is 1. The Morgan fingerprint density at radius 3 is 2.52 bits per heavy atom. The minimum atomic E-state index is -1.78. The molecule has 0 saturated heterocycles. The van der Waals surface area contributed by atoms with Crippen LogP contribution in [0.2, 0.25) is 5.02 Å². The van der Waals surface area contributed by atoms with Crippen LogP contribution < -0.4 is 5.73 Å². The number of carbonyl (C=O) groups excluding carboxylic acids is 1. The molecule has 2 atom stereocenters. The molecule has 1 amide bonds. The molecule has 1 aromatic carbocycles. The summed E-state index contributed by atoms with van der Waals surface area (Å²) in [5.74, 6) is -1.24. The van der Waals surface area contributed by atoms with E-state index in [0.29, 0.717) is 16.2 Å². The zero-order valence-electron chi connectivity index (χ0n) is 17.5. The van der Waals surface area contributed by atoms with Crippen LogP contribution in [-0.2, 0) is 4.74 Å². The van der Waals surface area contributed by atoms with Crippen molar-refractivity contribution in [3.05, 3.63) is 57.8 Å². The van der Waals surface area contributed by atoms with Gasteiger partial charge in [0.25, 0.3) is 0 Å². The highest BCUT2D eigenvalue weighted by atomic mass is 35.5. The minimum absolute atomic E-state index is 0.0711. The Labute approximate surface area is 186 Å². The Kier molecular flexibility index (Phi) is 5.72. The molecule has 0 bridgehead atoms. The molecule has 1 heterocycles. The second kappa shape index (κ2) is 7.99. The van der Waals surface area contributed by atoms with Crippen LogP contribution in [0.25, 0.3) is 0 Å². The summed E-state index contributed by atoms with van der Waals surface area (Å²) < 4.78 is 5.50. The van der Waals surface area contributed by atoms with E-state index in [-0.39, 0.29) is 24.4 Å². The topological polar surface area (TPSA) is 127 Å². The molecule has 1 aliphatic heterocycles. The predicted molar refractivity (Wildman–Crippen MR) is 114 cm³/mol. The lowest BCUT2D eigenvalue weighted by Crippen LogP contribution is -2.50. The van der Waals surface area contributed by atoms with Crippen LogP contribution in [0.1, 0.15) is 32.3 Å². The number of nitrogens with zero attached hydrogens (tertiary/aromatic N) is 4. The summed E-state index contributed by atoms with van der Waals surface area (Å²) in [4.78, 5) is 14.2. The quantitative estimate of drug-likeness (QED) is 0.710. The van der Waals surface area contributed by atoms with E-state index in [1.54, 1.807) is 51.1 Å². The van der Waals surface area contributed by atoms with Gasteiger partial charge in [-0.15, -0.1) is 0 Å². The predicted octanol–water partition coefficient (Wildman–Crippen LogP) is 4.00. The van der Waals surface area contributed by atoms with Gasteiger partial charge in [-0.05, 0) is 44.0 Å². The van der Waals surface area contributed by atoms with Crippen LogP contribution in [0.5, 0.6) is 0 Å². The van der Waals surface area contributed by atoms with Crippen molar-refractivity contribution in [3.63, 3.8) is 0 Å². The van der Waals surface area contributed by atoms with E-state index in [1.807, 2.05) is 0 Å². The Balaban J connectivity index is 2.19. The number of nitriles is 3. The van der Waals surface area contributed by atoms with Gasteiger partial charge in [0.2, 0.25) is 0 Å². The van der Waals surface area contributed by atoms with Crippen LogP contribution in [0.15, 0.2) is 47.2 Å². The number of nitrogens with two attached hydrogens (primary N) is 1. The highest BCUT2D eigenvalue weighted by Gasteiger charge is 2.54. The van der Waals surface area contributed by atoms with Crippen molar-refractivity contribution < 1.29 is 9.53 Å². The van der Waals surface area contributed by atoms with E-state index in [4.69, 9.17) is 22.1 Å². The zero-order valence-corrected chi connectivity index (χ0v) is 18.3. The van der Waals surface area contributed by atoms with Crippen LogP contribution in [0, 0.1) is 45.3 Å². The molecule has 3 rings (SSSR count). The fraction of sp³-hybridized carbons (Fsp3) is 0.391. The number of hydrogen-bond acceptors (Lipinski definition) is 6. The maximum absolute atomic E-state index is 12.7. The number of allylic oxidation sites excluding steroid dienone is 2. The molecule has 158 valence electrons. The number of ether oxygens (including phenoxy) is 1. The SMILES string of the molecule is CC(C)(C)OC(=O)N1CC=C2C(C#N)=C(N)C(C#N)(C#N)[C@H](c3cccc(Cl)c3)[C@@H]2C1. The van der Waals surface area contributed by atoms with Crippen LogP contribution in [0.4, 0.5) is 4.79 Å². The van der Waals surface area contributed by atoms with Gasteiger partial charge in [-0.1, -0.05) is 29.8 Å². The third kappa shape index (κ3) is 3.83. The molecule has 0 fully saturated rings. The summed E-state index contributed by atoms with van der Waals surface area (Å²) >= 11 is 6.20. The molecule has 8 heteroatoms. The molecule has 1 aliphatic carbocycles. The maximum Gasteiger partial charge on any atom is 0.410 e. The van der Waals surface area contributed by atoms with Crippen molar-refractivity contribution in [1.29, 1.82) is 15.8 Å². The van der Waals surface area contributed by atoms with Crippen LogP contribution in [-0.4, -0.2) is 29.7 Å². The molecular formula is C23H22ClN5O2. The number of carbonyl (C=O) groups is 1. The lowest BCUT2D eigenvalue weighted by Gasteiger charge is -2.45. The molecular weight excluding hydrogens is 414 g/mol. The van der Waals surface area contributed by atoms with Gasteiger partial charge in [0, 0.05) is 29.9 Å². The standard InChI is InChI=1S/C23H22ClN5O2/c1-22(2,3)31-21(30)29-8-7-16-17(10-25)20(28)23(12-26,13-27)19(18(16)11-29)14-5-4-6-15(24)9-14/h4-7,9,18-19H,8,11,28H2,1-3H3/t18-,19-/m1/s1. The summed E-state index contributed by atoms with van der Waals surface area (Å²) in [6.45, 7) is 5.73. The van der Waals surface area contributed by atoms with Gasteiger partial charge in [0.05, 0.1) is 23.4 Å². The Hall–Kier alpha value is -3.47. The average Bonchev–Trinajstić information content (AvgIpc) is 2.71. The maximum atomic E-state index is 12.7. The Morgan fingerprint density at radius 1 is 1.29 bits per heavy atom. The van der Waals surface area contributed by atoms with Crippen LogP contribution >= 0.6 is 11.6 Å². The lowest BCUT2D eigenvalue weighted by molar-refractivity contribution is 0.0224. The number of fused-ring (bicyclic) bond motifs is 1. The van der Waals surface area contributed by atoms with E-state index < -0.39 is 28.9 Å². The van der Waals surface area contributed by atoms with Gasteiger partial charge < -0.3 is 15.4 Å². The Morgan fingerprint density at radius 2 is 1.97 bits per heavy atom. The van der Waals surface area contributed by atoms with E-state index in [2.05, 4.69) is 18.2 Å². The highest BCUT2D eigenvalue weighted by molar-refractivity contribution is 6.30. The van der Waals surface area contributed by atoms with E-state index >= 15 is 0 Å². The number of benzene rings is 1. The van der Waals surface area contributed by atoms with Crippen LogP contribution in [0.3, 0.4) is 0 Å². The first kappa shape index (κ1) is 22.2. The molecule has 31 heavy (non-hydrogen) atoms. The average molecular weight is 436 g/mol. The Bertz CT molecular complexity index is 1100. The molecule has 7 nitrogen and oxygen atoms in total. The summed E-state index contributed by atoms with van der Waals surface area (Å²) in [6.07, 6.45) is 1.24. The first-order valence-corrected chi connectivity index (χ1v) is 10.1. The molecule has 0 aromatic heterocycles. The molecule has 1 aromatic rings. The van der Waals surface area contributed by atoms with E-state index in [1.165, 1.54) is 4.90 Å². The van der Waals surface area contributed by atoms with Crippen molar-refractivity contribution in [2.45, 2.75) is 32.3 Å². The first-order valence-electron chi connectivity index (χ1n) is 9.74. The zero-order chi connectivity index (χ0) is 23.0. The summed E-state index contributed by atoms with van der Waals surface area (Å²) in [5.41, 5.74) is 5.13. The fourth-order valence-corrected chi connectivity index (χ4v) is 4.43. The summed E-state index contributed by atoms with van der Waals surface area (Å²) in [5, 5.41) is 30.4. The third-order valence-corrected chi connectivity index (χ3v) is 5.76. The number of rotatable bonds is 1. The number of hydrogen-bond donors (Lipinski definition) is 1. The molecule has 2 N–H and O–H groups in total. The van der Waals surface area contributed by atoms with Crippen molar-refractivity contribution in [2.24, 2.45) is 17.1 Å². The highest BCUT2D eigenvalue weighted by Crippen LogP contribution is 2.54. The second-order valence-electron chi connectivity index (χ2n) is 8.62. The van der Waals surface area contributed by atoms with E-state index in [9.17, 15) is 20.6 Å². The van der Waals surface area contributed by atoms with Gasteiger partial charge >= 0.3 is 6.09 Å². The molecule has 0 spiro atoms. The van der Waals surface area contributed by atoms with Crippen molar-refractivity contribution >= 4 is 17.7 Å². The minimum Gasteiger partial charge on any atom is -0.444 e. The van der Waals surface area contributed by atoms with E-state index in [0.717, 1.165) is 0 Å². The third-order valence-electron chi connectivity index (χ3n) is 5.52. The van der Waals surface area contributed by atoms with Gasteiger partial charge in [-0.25, -0.2) is 4.79 Å². The molecule has 0 unspecified atom stereocenters. The van der Waals surface area contributed by atoms with Crippen molar-refractivity contribution in [1.82, 2.24) is 4.90 Å². The van der Waals surface area contributed by atoms with Gasteiger partial charge in [0.1, 0.15) is 11.7 Å². The number of halogens is 1. The van der Waals surface area contributed by atoms with Gasteiger partial charge in [-0.3, -0.25) is 0 Å². The van der Waals surface area contributed by atoms with Crippen molar-refractivity contribution in [3.8, 4) is 18.2 Å². The summed E-state index contributed by atoms with van der Waals surface area (Å²) in [6, 6.07) is 13.1. The fourth-order valence-electron chi connectivity index (χ4n) is 4.23. The molecule has 2 aliphatic rings. The van der Waals surface area contributed by atoms with Gasteiger partial charge in [-0.2, -0.15) is 15.8 Å². The smallest absolute Gasteiger partial charge is 0.410 e.